The van der Waals surface area contributed by atoms with E-state index < -0.39 is 6.09 Å². The molecule has 2 saturated carbocycles. The maximum atomic E-state index is 13.0. The average molecular weight is 516 g/mol. The van der Waals surface area contributed by atoms with Crippen molar-refractivity contribution in [1.82, 2.24) is 15.5 Å². The first-order valence-corrected chi connectivity index (χ1v) is 13.7. The highest BCUT2D eigenvalue weighted by atomic mass is 16.6. The number of ether oxygens (including phenoxy) is 3. The van der Waals surface area contributed by atoms with Crippen molar-refractivity contribution >= 4 is 12.2 Å². The normalized spacial score (nSPS) is 28.3. The maximum absolute atomic E-state index is 13.0. The minimum atomic E-state index is -0.517. The SMILES string of the molecule is COc1cc(C)ccc1OC(=O)NCCN1CCC(OC(=O)NC23CC(CC(C)(C)C2)CC(C)(C)C3)C1. The topological polar surface area (TPSA) is 89.1 Å². The molecule has 1 atom stereocenters. The first-order chi connectivity index (χ1) is 17.4. The lowest BCUT2D eigenvalue weighted by atomic mass is 9.53. The highest BCUT2D eigenvalue weighted by Crippen LogP contribution is 2.55. The molecule has 0 spiro atoms. The number of benzene rings is 1. The molecular formula is C29H45N3O5. The van der Waals surface area contributed by atoms with Gasteiger partial charge in [0.15, 0.2) is 11.5 Å². The van der Waals surface area contributed by atoms with Crippen LogP contribution in [0, 0.1) is 23.7 Å². The van der Waals surface area contributed by atoms with E-state index in [2.05, 4.69) is 43.2 Å². The average Bonchev–Trinajstić information content (AvgIpc) is 3.18. The van der Waals surface area contributed by atoms with Gasteiger partial charge in [0.2, 0.25) is 0 Å². The summed E-state index contributed by atoms with van der Waals surface area (Å²) in [4.78, 5) is 27.4. The summed E-state index contributed by atoms with van der Waals surface area (Å²) in [6.07, 6.45) is 5.38. The molecule has 8 nitrogen and oxygen atoms in total. The van der Waals surface area contributed by atoms with Gasteiger partial charge < -0.3 is 24.8 Å². The zero-order valence-electron chi connectivity index (χ0n) is 23.4. The Hall–Kier alpha value is -2.48. The number of fused-ring (bicyclic) bond motifs is 2. The van der Waals surface area contributed by atoms with E-state index in [-0.39, 0.29) is 28.6 Å². The number of nitrogens with one attached hydrogen (secondary N) is 2. The Morgan fingerprint density at radius 3 is 2.41 bits per heavy atom. The van der Waals surface area contributed by atoms with Crippen LogP contribution in [0.4, 0.5) is 9.59 Å². The molecule has 4 rings (SSSR count). The van der Waals surface area contributed by atoms with Crippen LogP contribution in [0.5, 0.6) is 11.5 Å². The molecule has 1 saturated heterocycles. The highest BCUT2D eigenvalue weighted by molar-refractivity contribution is 5.71. The Morgan fingerprint density at radius 1 is 1.03 bits per heavy atom. The number of rotatable bonds is 7. The first-order valence-electron chi connectivity index (χ1n) is 13.7. The van der Waals surface area contributed by atoms with Crippen LogP contribution in [0.25, 0.3) is 0 Å². The maximum Gasteiger partial charge on any atom is 0.412 e. The Bertz CT molecular complexity index is 972. The predicted molar refractivity (Wildman–Crippen MR) is 143 cm³/mol. The van der Waals surface area contributed by atoms with Crippen LogP contribution >= 0.6 is 0 Å². The van der Waals surface area contributed by atoms with Crippen molar-refractivity contribution in [2.24, 2.45) is 16.7 Å². The molecule has 1 aromatic rings. The van der Waals surface area contributed by atoms with E-state index in [1.165, 1.54) is 12.8 Å². The van der Waals surface area contributed by atoms with Crippen molar-refractivity contribution < 1.29 is 23.8 Å². The summed E-state index contributed by atoms with van der Waals surface area (Å²) in [6.45, 7) is 13.9. The van der Waals surface area contributed by atoms with Gasteiger partial charge in [0, 0.05) is 31.7 Å². The molecule has 1 aromatic carbocycles. The van der Waals surface area contributed by atoms with Gasteiger partial charge in [0.1, 0.15) is 6.10 Å². The van der Waals surface area contributed by atoms with Crippen molar-refractivity contribution in [2.45, 2.75) is 84.8 Å². The Kier molecular flexibility index (Phi) is 7.98. The molecule has 37 heavy (non-hydrogen) atoms. The fourth-order valence-electron chi connectivity index (χ4n) is 7.46. The van der Waals surface area contributed by atoms with Gasteiger partial charge in [-0.1, -0.05) is 33.8 Å². The number of aryl methyl sites for hydroxylation is 1. The molecule has 1 aliphatic heterocycles. The van der Waals surface area contributed by atoms with Crippen LogP contribution in [0.15, 0.2) is 18.2 Å². The third-order valence-electron chi connectivity index (χ3n) is 8.09. The van der Waals surface area contributed by atoms with E-state index in [0.29, 0.717) is 37.1 Å². The van der Waals surface area contributed by atoms with Crippen molar-refractivity contribution in [3.63, 3.8) is 0 Å². The molecule has 206 valence electrons. The molecular weight excluding hydrogens is 470 g/mol. The summed E-state index contributed by atoms with van der Waals surface area (Å²) in [6, 6.07) is 5.42. The van der Waals surface area contributed by atoms with Gasteiger partial charge in [-0.05, 0) is 79.9 Å². The van der Waals surface area contributed by atoms with E-state index in [1.807, 2.05) is 19.1 Å². The van der Waals surface area contributed by atoms with Gasteiger partial charge >= 0.3 is 12.2 Å². The second-order valence-corrected chi connectivity index (χ2v) is 13.2. The number of methoxy groups -OCH3 is 1. The lowest BCUT2D eigenvalue weighted by molar-refractivity contribution is -0.0212. The molecule has 1 unspecified atom stereocenters. The summed E-state index contributed by atoms with van der Waals surface area (Å²) < 4.78 is 16.6. The number of nitrogens with zero attached hydrogens (tertiary/aromatic N) is 1. The van der Waals surface area contributed by atoms with Gasteiger partial charge in [-0.25, -0.2) is 9.59 Å². The van der Waals surface area contributed by atoms with Crippen molar-refractivity contribution in [3.8, 4) is 11.5 Å². The fourth-order valence-corrected chi connectivity index (χ4v) is 7.46. The van der Waals surface area contributed by atoms with E-state index in [0.717, 1.165) is 37.8 Å². The summed E-state index contributed by atoms with van der Waals surface area (Å²) in [5.41, 5.74) is 1.32. The number of hydrogen-bond donors (Lipinski definition) is 2. The standard InChI is InChI=1S/C29H45N3O5/c1-20-7-8-23(24(13-20)35-6)37-25(33)30-10-12-32-11-9-22(17-32)36-26(34)31-29-16-21(14-27(2,3)18-29)15-28(4,5)19-29/h7-8,13,21-22H,9-12,14-19H2,1-6H3,(H,30,33)(H,31,34). The lowest BCUT2D eigenvalue weighted by Crippen LogP contribution is -2.60. The van der Waals surface area contributed by atoms with Crippen LogP contribution in [-0.4, -0.2) is 62.0 Å². The lowest BCUT2D eigenvalue weighted by Gasteiger charge is -2.56. The fraction of sp³-hybridized carbons (Fsp3) is 0.724. The van der Waals surface area contributed by atoms with Crippen molar-refractivity contribution in [1.29, 1.82) is 0 Å². The first kappa shape index (κ1) is 27.6. The summed E-state index contributed by atoms with van der Waals surface area (Å²) in [5.74, 6) is 1.57. The Morgan fingerprint density at radius 2 is 1.73 bits per heavy atom. The summed E-state index contributed by atoms with van der Waals surface area (Å²) in [5, 5.41) is 6.14. The number of carbonyl (C=O) groups is 2. The molecule has 0 aromatic heterocycles. The second-order valence-electron chi connectivity index (χ2n) is 13.2. The smallest absolute Gasteiger partial charge is 0.412 e. The van der Waals surface area contributed by atoms with Crippen LogP contribution < -0.4 is 20.1 Å². The Balaban J connectivity index is 1.20. The van der Waals surface area contributed by atoms with Gasteiger partial charge in [0.05, 0.1) is 7.11 Å². The van der Waals surface area contributed by atoms with E-state index in [1.54, 1.807) is 13.2 Å². The molecule has 3 aliphatic rings. The molecule has 2 N–H and O–H groups in total. The minimum Gasteiger partial charge on any atom is -0.493 e. The number of hydrogen-bond acceptors (Lipinski definition) is 6. The van der Waals surface area contributed by atoms with Crippen LogP contribution in [0.3, 0.4) is 0 Å². The quantitative estimate of drug-likeness (QED) is 0.514. The summed E-state index contributed by atoms with van der Waals surface area (Å²) >= 11 is 0. The summed E-state index contributed by atoms with van der Waals surface area (Å²) in [7, 11) is 1.55. The molecule has 0 radical (unpaired) electrons. The molecule has 1 heterocycles. The number of alkyl carbamates (subject to hydrolysis) is 1. The zero-order chi connectivity index (χ0) is 26.8. The number of likely N-dealkylation sites (tertiary alicyclic amines) is 1. The van der Waals surface area contributed by atoms with Crippen LogP contribution in [-0.2, 0) is 4.74 Å². The third-order valence-corrected chi connectivity index (χ3v) is 8.09. The Labute approximate surface area is 221 Å². The van der Waals surface area contributed by atoms with Crippen molar-refractivity contribution in [3.05, 3.63) is 23.8 Å². The number of carbonyl (C=O) groups excluding carboxylic acids is 2. The molecule has 2 bridgehead atoms. The molecule has 3 fully saturated rings. The van der Waals surface area contributed by atoms with Crippen LogP contribution in [0.1, 0.15) is 71.8 Å². The number of amides is 2. The van der Waals surface area contributed by atoms with Crippen molar-refractivity contribution in [2.75, 3.05) is 33.3 Å². The zero-order valence-corrected chi connectivity index (χ0v) is 23.4. The van der Waals surface area contributed by atoms with Gasteiger partial charge in [-0.3, -0.25) is 4.90 Å². The van der Waals surface area contributed by atoms with E-state index >= 15 is 0 Å². The second kappa shape index (κ2) is 10.7. The monoisotopic (exact) mass is 515 g/mol. The van der Waals surface area contributed by atoms with E-state index in [4.69, 9.17) is 14.2 Å². The van der Waals surface area contributed by atoms with Gasteiger partial charge in [-0.15, -0.1) is 0 Å². The molecule has 2 amide bonds. The van der Waals surface area contributed by atoms with E-state index in [9.17, 15) is 9.59 Å². The highest BCUT2D eigenvalue weighted by Gasteiger charge is 2.52. The molecule has 2 aliphatic carbocycles. The largest absolute Gasteiger partial charge is 0.493 e. The van der Waals surface area contributed by atoms with Crippen LogP contribution in [0.2, 0.25) is 0 Å². The van der Waals surface area contributed by atoms with Gasteiger partial charge in [-0.2, -0.15) is 0 Å². The minimum absolute atomic E-state index is 0.135. The molecule has 8 heteroatoms. The third kappa shape index (κ3) is 7.30. The van der Waals surface area contributed by atoms with Gasteiger partial charge in [0.25, 0.3) is 0 Å². The predicted octanol–water partition coefficient (Wildman–Crippen LogP) is 5.28.